The monoisotopic (exact) mass is 228 g/mol. The number of anilines is 1. The van der Waals surface area contributed by atoms with Gasteiger partial charge in [-0.05, 0) is 12.1 Å². The Morgan fingerprint density at radius 2 is 2.25 bits per heavy atom. The van der Waals surface area contributed by atoms with Crippen LogP contribution in [0.5, 0.6) is 0 Å². The summed E-state index contributed by atoms with van der Waals surface area (Å²) in [6, 6.07) is 5.01. The van der Waals surface area contributed by atoms with Crippen LogP contribution in [0.3, 0.4) is 0 Å². The molecule has 0 unspecified atom stereocenters. The standard InChI is InChI=1S/C10H10F2N2O2/c11-9(12)4-15-5-10-14-7-2-1-6(13)3-8(7)16-10/h1-3,9H,4-5,13H2. The highest BCUT2D eigenvalue weighted by atomic mass is 19.3. The average molecular weight is 228 g/mol. The molecule has 1 aromatic heterocycles. The van der Waals surface area contributed by atoms with Gasteiger partial charge in [0.25, 0.3) is 6.43 Å². The molecule has 0 saturated heterocycles. The number of alkyl halides is 2. The second kappa shape index (κ2) is 4.44. The van der Waals surface area contributed by atoms with Crippen LogP contribution in [0.25, 0.3) is 11.1 Å². The van der Waals surface area contributed by atoms with Crippen LogP contribution in [0, 0.1) is 0 Å². The van der Waals surface area contributed by atoms with Gasteiger partial charge in [0, 0.05) is 11.8 Å². The van der Waals surface area contributed by atoms with Crippen molar-refractivity contribution in [2.75, 3.05) is 12.3 Å². The Labute approximate surface area is 90.0 Å². The quantitative estimate of drug-likeness (QED) is 0.815. The number of ether oxygens (including phenoxy) is 1. The summed E-state index contributed by atoms with van der Waals surface area (Å²) >= 11 is 0. The first kappa shape index (κ1) is 10.8. The van der Waals surface area contributed by atoms with Crippen LogP contribution in [0.4, 0.5) is 14.5 Å². The van der Waals surface area contributed by atoms with E-state index in [0.717, 1.165) is 0 Å². The van der Waals surface area contributed by atoms with Gasteiger partial charge in [-0.15, -0.1) is 0 Å². The summed E-state index contributed by atoms with van der Waals surface area (Å²) in [5.41, 5.74) is 7.27. The molecule has 0 aliphatic carbocycles. The number of benzene rings is 1. The smallest absolute Gasteiger partial charge is 0.261 e. The van der Waals surface area contributed by atoms with E-state index in [0.29, 0.717) is 16.8 Å². The van der Waals surface area contributed by atoms with Crippen LogP contribution in [0.1, 0.15) is 5.89 Å². The normalized spacial score (nSPS) is 11.4. The van der Waals surface area contributed by atoms with Crippen molar-refractivity contribution in [1.82, 2.24) is 4.98 Å². The number of nitrogen functional groups attached to an aromatic ring is 1. The summed E-state index contributed by atoms with van der Waals surface area (Å²) in [4.78, 5) is 4.06. The van der Waals surface area contributed by atoms with Crippen LogP contribution >= 0.6 is 0 Å². The predicted molar refractivity (Wildman–Crippen MR) is 54.1 cm³/mol. The van der Waals surface area contributed by atoms with E-state index < -0.39 is 13.0 Å². The van der Waals surface area contributed by atoms with Gasteiger partial charge in [-0.25, -0.2) is 13.8 Å². The Bertz CT molecular complexity index is 485. The Morgan fingerprint density at radius 3 is 3.00 bits per heavy atom. The van der Waals surface area contributed by atoms with E-state index in [1.165, 1.54) is 0 Å². The first-order valence-electron chi connectivity index (χ1n) is 4.66. The minimum atomic E-state index is -2.49. The van der Waals surface area contributed by atoms with Crippen molar-refractivity contribution >= 4 is 16.8 Å². The van der Waals surface area contributed by atoms with Gasteiger partial charge < -0.3 is 14.9 Å². The predicted octanol–water partition coefficient (Wildman–Crippen LogP) is 2.19. The van der Waals surface area contributed by atoms with Crippen LogP contribution in [-0.2, 0) is 11.3 Å². The summed E-state index contributed by atoms with van der Waals surface area (Å²) in [7, 11) is 0. The zero-order valence-corrected chi connectivity index (χ0v) is 8.32. The number of fused-ring (bicyclic) bond motifs is 1. The maximum absolute atomic E-state index is 11.8. The maximum Gasteiger partial charge on any atom is 0.261 e. The third-order valence-corrected chi connectivity index (χ3v) is 1.93. The Hall–Kier alpha value is -1.69. The van der Waals surface area contributed by atoms with Gasteiger partial charge in [0.2, 0.25) is 5.89 Å². The van der Waals surface area contributed by atoms with Crippen LogP contribution < -0.4 is 5.73 Å². The second-order valence-corrected chi connectivity index (χ2v) is 3.24. The lowest BCUT2D eigenvalue weighted by molar-refractivity contribution is 0.00351. The third kappa shape index (κ3) is 2.46. The number of hydrogen-bond donors (Lipinski definition) is 1. The Kier molecular flexibility index (Phi) is 3.00. The van der Waals surface area contributed by atoms with Crippen molar-refractivity contribution in [2.45, 2.75) is 13.0 Å². The van der Waals surface area contributed by atoms with Crippen molar-refractivity contribution in [2.24, 2.45) is 0 Å². The molecule has 2 rings (SSSR count). The lowest BCUT2D eigenvalue weighted by atomic mass is 10.3. The molecule has 0 amide bonds. The third-order valence-electron chi connectivity index (χ3n) is 1.93. The molecule has 1 heterocycles. The van der Waals surface area contributed by atoms with Crippen molar-refractivity contribution in [3.8, 4) is 0 Å². The van der Waals surface area contributed by atoms with Gasteiger partial charge in [-0.3, -0.25) is 0 Å². The topological polar surface area (TPSA) is 61.3 Å². The van der Waals surface area contributed by atoms with Gasteiger partial charge in [-0.2, -0.15) is 0 Å². The molecule has 1 aromatic carbocycles. The molecule has 2 aromatic rings. The van der Waals surface area contributed by atoms with E-state index in [2.05, 4.69) is 4.98 Å². The molecule has 86 valence electrons. The highest BCUT2D eigenvalue weighted by Gasteiger charge is 2.08. The lowest BCUT2D eigenvalue weighted by Crippen LogP contribution is -2.04. The van der Waals surface area contributed by atoms with Gasteiger partial charge in [0.05, 0.1) is 0 Å². The van der Waals surface area contributed by atoms with E-state index in [-0.39, 0.29) is 12.5 Å². The molecular weight excluding hydrogens is 218 g/mol. The number of aromatic nitrogens is 1. The number of rotatable bonds is 4. The summed E-state index contributed by atoms with van der Waals surface area (Å²) < 4.78 is 33.6. The summed E-state index contributed by atoms with van der Waals surface area (Å²) in [6.45, 7) is -0.695. The fourth-order valence-corrected chi connectivity index (χ4v) is 1.29. The Balaban J connectivity index is 2.08. The SMILES string of the molecule is Nc1ccc2nc(COCC(F)F)oc2c1. The van der Waals surface area contributed by atoms with Gasteiger partial charge in [0.15, 0.2) is 5.58 Å². The summed E-state index contributed by atoms with van der Waals surface area (Å²) in [6.07, 6.45) is -2.49. The fraction of sp³-hybridized carbons (Fsp3) is 0.300. The van der Waals surface area contributed by atoms with Crippen molar-refractivity contribution in [1.29, 1.82) is 0 Å². The zero-order valence-electron chi connectivity index (χ0n) is 8.32. The van der Waals surface area contributed by atoms with E-state index in [1.54, 1.807) is 18.2 Å². The first-order chi connectivity index (χ1) is 7.65. The summed E-state index contributed by atoms with van der Waals surface area (Å²) in [5, 5.41) is 0. The number of nitrogens with two attached hydrogens (primary N) is 1. The first-order valence-corrected chi connectivity index (χ1v) is 4.66. The van der Waals surface area contributed by atoms with E-state index in [1.807, 2.05) is 0 Å². The molecule has 0 spiro atoms. The molecule has 2 N–H and O–H groups in total. The number of hydrogen-bond acceptors (Lipinski definition) is 4. The number of oxazole rings is 1. The van der Waals surface area contributed by atoms with Gasteiger partial charge in [0.1, 0.15) is 18.7 Å². The second-order valence-electron chi connectivity index (χ2n) is 3.24. The summed E-state index contributed by atoms with van der Waals surface area (Å²) in [5.74, 6) is 0.265. The largest absolute Gasteiger partial charge is 0.438 e. The Morgan fingerprint density at radius 1 is 1.44 bits per heavy atom. The van der Waals surface area contributed by atoms with Crippen LogP contribution in [-0.4, -0.2) is 18.0 Å². The molecule has 6 heteroatoms. The van der Waals surface area contributed by atoms with Crippen molar-refractivity contribution in [3.63, 3.8) is 0 Å². The van der Waals surface area contributed by atoms with Crippen LogP contribution in [0.15, 0.2) is 22.6 Å². The van der Waals surface area contributed by atoms with Gasteiger partial charge in [-0.1, -0.05) is 0 Å². The number of nitrogens with zero attached hydrogens (tertiary/aromatic N) is 1. The molecule has 0 atom stereocenters. The van der Waals surface area contributed by atoms with Crippen molar-refractivity contribution in [3.05, 3.63) is 24.1 Å². The molecule has 0 bridgehead atoms. The molecule has 0 fully saturated rings. The maximum atomic E-state index is 11.8. The minimum Gasteiger partial charge on any atom is -0.438 e. The molecule has 0 aliphatic heterocycles. The fourth-order valence-electron chi connectivity index (χ4n) is 1.29. The van der Waals surface area contributed by atoms with E-state index in [4.69, 9.17) is 14.9 Å². The number of halogens is 2. The average Bonchev–Trinajstić information content (AvgIpc) is 2.58. The van der Waals surface area contributed by atoms with Crippen LogP contribution in [0.2, 0.25) is 0 Å². The molecule has 16 heavy (non-hydrogen) atoms. The molecule has 0 aliphatic rings. The minimum absolute atomic E-state index is 0.0705. The van der Waals surface area contributed by atoms with Crippen molar-refractivity contribution < 1.29 is 17.9 Å². The highest BCUT2D eigenvalue weighted by Crippen LogP contribution is 2.18. The molecule has 4 nitrogen and oxygen atoms in total. The van der Waals surface area contributed by atoms with E-state index in [9.17, 15) is 8.78 Å². The molecular formula is C10H10F2N2O2. The highest BCUT2D eigenvalue weighted by molar-refractivity contribution is 5.76. The molecule has 0 saturated carbocycles. The van der Waals surface area contributed by atoms with Gasteiger partial charge >= 0.3 is 0 Å². The zero-order chi connectivity index (χ0) is 11.5. The molecule has 0 radical (unpaired) electrons. The lowest BCUT2D eigenvalue weighted by Gasteiger charge is -1.98. The van der Waals surface area contributed by atoms with E-state index >= 15 is 0 Å².